The van der Waals surface area contributed by atoms with Gasteiger partial charge in [0.25, 0.3) is 0 Å². The SMILES string of the molecule is CCCCCCCCOc1ccc(CN[C@@H](CCCNC(=O)OC(C)(C)C)C(=O)O)cc1. The molecule has 0 aliphatic heterocycles. The first-order chi connectivity index (χ1) is 15.2. The molecule has 1 aromatic rings. The molecule has 1 atom stereocenters. The quantitative estimate of drug-likeness (QED) is 0.297. The maximum Gasteiger partial charge on any atom is 0.407 e. The summed E-state index contributed by atoms with van der Waals surface area (Å²) in [6, 6.07) is 7.07. The maximum absolute atomic E-state index is 11.6. The molecule has 1 rings (SSSR count). The van der Waals surface area contributed by atoms with Crippen molar-refractivity contribution >= 4 is 12.1 Å². The Balaban J connectivity index is 2.27. The van der Waals surface area contributed by atoms with Crippen molar-refractivity contribution in [2.24, 2.45) is 0 Å². The lowest BCUT2D eigenvalue weighted by atomic mass is 10.1. The average molecular weight is 451 g/mol. The molecule has 0 unspecified atom stereocenters. The lowest BCUT2D eigenvalue weighted by Gasteiger charge is -2.20. The molecule has 182 valence electrons. The fourth-order valence-corrected chi connectivity index (χ4v) is 3.14. The van der Waals surface area contributed by atoms with Gasteiger partial charge in [0.1, 0.15) is 17.4 Å². The van der Waals surface area contributed by atoms with E-state index < -0.39 is 23.7 Å². The van der Waals surface area contributed by atoms with Crippen LogP contribution in [0.3, 0.4) is 0 Å². The summed E-state index contributed by atoms with van der Waals surface area (Å²) >= 11 is 0. The van der Waals surface area contributed by atoms with Crippen molar-refractivity contribution in [2.45, 2.75) is 97.2 Å². The number of unbranched alkanes of at least 4 members (excludes halogenated alkanes) is 5. The number of hydrogen-bond donors (Lipinski definition) is 3. The second-order valence-corrected chi connectivity index (χ2v) is 9.10. The largest absolute Gasteiger partial charge is 0.494 e. The molecule has 32 heavy (non-hydrogen) atoms. The highest BCUT2D eigenvalue weighted by molar-refractivity contribution is 5.73. The highest BCUT2D eigenvalue weighted by atomic mass is 16.6. The summed E-state index contributed by atoms with van der Waals surface area (Å²) in [7, 11) is 0. The van der Waals surface area contributed by atoms with Crippen LogP contribution in [-0.4, -0.2) is 42.0 Å². The Labute approximate surface area is 193 Å². The molecule has 0 radical (unpaired) electrons. The summed E-state index contributed by atoms with van der Waals surface area (Å²) < 4.78 is 11.0. The molecule has 7 heteroatoms. The van der Waals surface area contributed by atoms with E-state index in [2.05, 4.69) is 17.6 Å². The lowest BCUT2D eigenvalue weighted by molar-refractivity contribution is -0.139. The van der Waals surface area contributed by atoms with Gasteiger partial charge in [-0.05, 0) is 57.7 Å². The van der Waals surface area contributed by atoms with Crippen LogP contribution in [0, 0.1) is 0 Å². The van der Waals surface area contributed by atoms with E-state index in [1.54, 1.807) is 20.8 Å². The first-order valence-electron chi connectivity index (χ1n) is 11.9. The zero-order chi connectivity index (χ0) is 23.8. The van der Waals surface area contributed by atoms with Crippen molar-refractivity contribution in [3.8, 4) is 5.75 Å². The smallest absolute Gasteiger partial charge is 0.407 e. The van der Waals surface area contributed by atoms with Gasteiger partial charge in [0, 0.05) is 13.1 Å². The molecular formula is C25H42N2O5. The number of ether oxygens (including phenoxy) is 2. The van der Waals surface area contributed by atoms with Gasteiger partial charge in [-0.2, -0.15) is 0 Å². The molecule has 0 aliphatic rings. The zero-order valence-corrected chi connectivity index (χ0v) is 20.2. The molecule has 0 fully saturated rings. The van der Waals surface area contributed by atoms with Crippen molar-refractivity contribution in [1.29, 1.82) is 0 Å². The van der Waals surface area contributed by atoms with Crippen LogP contribution in [0.4, 0.5) is 4.79 Å². The number of carboxylic acids is 1. The second kappa shape index (κ2) is 15.5. The summed E-state index contributed by atoms with van der Waals surface area (Å²) in [5.74, 6) is -0.0635. The Morgan fingerprint density at radius 2 is 1.66 bits per heavy atom. The first kappa shape index (κ1) is 27.8. The third-order valence-corrected chi connectivity index (χ3v) is 4.88. The molecule has 3 N–H and O–H groups in total. The minimum absolute atomic E-state index is 0.366. The van der Waals surface area contributed by atoms with E-state index in [0.29, 0.717) is 25.9 Å². The van der Waals surface area contributed by atoms with Gasteiger partial charge in [-0.1, -0.05) is 51.2 Å². The first-order valence-corrected chi connectivity index (χ1v) is 11.9. The van der Waals surface area contributed by atoms with Gasteiger partial charge in [0.05, 0.1) is 6.61 Å². The minimum Gasteiger partial charge on any atom is -0.494 e. The van der Waals surface area contributed by atoms with Gasteiger partial charge in [-0.15, -0.1) is 0 Å². The Hall–Kier alpha value is -2.28. The van der Waals surface area contributed by atoms with Crippen molar-refractivity contribution in [3.05, 3.63) is 29.8 Å². The maximum atomic E-state index is 11.6. The van der Waals surface area contributed by atoms with Crippen LogP contribution >= 0.6 is 0 Å². The Morgan fingerprint density at radius 1 is 1.00 bits per heavy atom. The molecule has 0 heterocycles. The highest BCUT2D eigenvalue weighted by Gasteiger charge is 2.18. The fraction of sp³-hybridized carbons (Fsp3) is 0.680. The number of carbonyl (C=O) groups excluding carboxylic acids is 1. The number of aliphatic carboxylic acids is 1. The van der Waals surface area contributed by atoms with Crippen molar-refractivity contribution in [3.63, 3.8) is 0 Å². The molecule has 1 amide bonds. The van der Waals surface area contributed by atoms with E-state index >= 15 is 0 Å². The van der Waals surface area contributed by atoms with Gasteiger partial charge in [-0.25, -0.2) is 4.79 Å². The van der Waals surface area contributed by atoms with Crippen LogP contribution in [0.15, 0.2) is 24.3 Å². The normalized spacial score (nSPS) is 12.2. The number of carbonyl (C=O) groups is 2. The molecule has 1 aromatic carbocycles. The second-order valence-electron chi connectivity index (χ2n) is 9.10. The van der Waals surface area contributed by atoms with Gasteiger partial charge >= 0.3 is 12.1 Å². The Kier molecular flexibility index (Phi) is 13.5. The summed E-state index contributed by atoms with van der Waals surface area (Å²) in [6.45, 7) is 9.15. The standard InChI is InChI=1S/C25H42N2O5/c1-5-6-7-8-9-10-18-31-21-15-13-20(14-16-21)19-27-22(23(28)29)12-11-17-26-24(30)32-25(2,3)4/h13-16,22,27H,5-12,17-19H2,1-4H3,(H,26,30)(H,28,29)/t22-/m0/s1. The van der Waals surface area contributed by atoms with Gasteiger partial charge < -0.3 is 25.2 Å². The highest BCUT2D eigenvalue weighted by Crippen LogP contribution is 2.14. The fourth-order valence-electron chi connectivity index (χ4n) is 3.14. The van der Waals surface area contributed by atoms with Crippen LogP contribution < -0.4 is 15.4 Å². The molecule has 0 aromatic heterocycles. The molecular weight excluding hydrogens is 408 g/mol. The molecule has 0 saturated carbocycles. The summed E-state index contributed by atoms with van der Waals surface area (Å²) in [4.78, 5) is 23.2. The number of hydrogen-bond acceptors (Lipinski definition) is 5. The van der Waals surface area contributed by atoms with E-state index in [1.165, 1.54) is 32.1 Å². The number of benzene rings is 1. The van der Waals surface area contributed by atoms with Crippen molar-refractivity contribution in [2.75, 3.05) is 13.2 Å². The van der Waals surface area contributed by atoms with Crippen LogP contribution in [0.1, 0.15) is 84.6 Å². The predicted octanol–water partition coefficient (Wildman–Crippen LogP) is 5.27. The summed E-state index contributed by atoms with van der Waals surface area (Å²) in [5.41, 5.74) is 0.444. The average Bonchev–Trinajstić information content (AvgIpc) is 2.72. The van der Waals surface area contributed by atoms with Gasteiger partial charge in [0.15, 0.2) is 0 Å². The third kappa shape index (κ3) is 13.9. The van der Waals surface area contributed by atoms with E-state index in [-0.39, 0.29) is 0 Å². The predicted molar refractivity (Wildman–Crippen MR) is 127 cm³/mol. The Morgan fingerprint density at radius 3 is 2.28 bits per heavy atom. The molecule has 0 bridgehead atoms. The zero-order valence-electron chi connectivity index (χ0n) is 20.2. The van der Waals surface area contributed by atoms with Crippen LogP contribution in [-0.2, 0) is 16.1 Å². The van der Waals surface area contributed by atoms with Gasteiger partial charge in [-0.3, -0.25) is 4.79 Å². The molecule has 0 saturated heterocycles. The van der Waals surface area contributed by atoms with E-state index in [1.807, 2.05) is 24.3 Å². The van der Waals surface area contributed by atoms with Crippen LogP contribution in [0.5, 0.6) is 5.75 Å². The Bertz CT molecular complexity index is 655. The minimum atomic E-state index is -0.902. The number of amides is 1. The van der Waals surface area contributed by atoms with Crippen LogP contribution in [0.2, 0.25) is 0 Å². The van der Waals surface area contributed by atoms with Crippen molar-refractivity contribution < 1.29 is 24.2 Å². The lowest BCUT2D eigenvalue weighted by Crippen LogP contribution is -2.37. The molecule has 7 nitrogen and oxygen atoms in total. The monoisotopic (exact) mass is 450 g/mol. The third-order valence-electron chi connectivity index (χ3n) is 4.88. The number of alkyl carbamates (subject to hydrolysis) is 1. The van der Waals surface area contributed by atoms with Crippen molar-refractivity contribution in [1.82, 2.24) is 10.6 Å². The van der Waals surface area contributed by atoms with Crippen LogP contribution in [0.25, 0.3) is 0 Å². The molecule has 0 aliphatic carbocycles. The summed E-state index contributed by atoms with van der Waals surface area (Å²) in [6.07, 6.45) is 7.86. The van der Waals surface area contributed by atoms with E-state index in [9.17, 15) is 14.7 Å². The van der Waals surface area contributed by atoms with E-state index in [4.69, 9.17) is 9.47 Å². The van der Waals surface area contributed by atoms with Gasteiger partial charge in [0.2, 0.25) is 0 Å². The summed E-state index contributed by atoms with van der Waals surface area (Å²) in [5, 5.41) is 15.2. The van der Waals surface area contributed by atoms with E-state index in [0.717, 1.165) is 24.3 Å². The number of rotatable bonds is 16. The number of nitrogens with one attached hydrogen (secondary N) is 2. The topological polar surface area (TPSA) is 96.9 Å². The number of carboxylic acid groups (broad SMARTS) is 1. The molecule has 0 spiro atoms.